The number of para-hydroxylation sites is 1. The Bertz CT molecular complexity index is 446. The molecule has 0 aliphatic rings. The number of benzene rings is 1. The molecule has 0 N–H and O–H groups in total. The number of hydrogen-bond donors (Lipinski definition) is 0. The summed E-state index contributed by atoms with van der Waals surface area (Å²) in [6.07, 6.45) is -4.87. The Kier molecular flexibility index (Phi) is 5.04. The van der Waals surface area contributed by atoms with Crippen molar-refractivity contribution in [1.82, 2.24) is 0 Å². The van der Waals surface area contributed by atoms with Crippen molar-refractivity contribution in [2.75, 3.05) is 0 Å². The van der Waals surface area contributed by atoms with Crippen molar-refractivity contribution in [2.45, 2.75) is 24.0 Å². The van der Waals surface area contributed by atoms with Crippen LogP contribution in [0.2, 0.25) is 0 Å². The zero-order valence-electron chi connectivity index (χ0n) is 9.22. The number of rotatable bonds is 4. The van der Waals surface area contributed by atoms with E-state index in [9.17, 15) is 18.0 Å². The first-order chi connectivity index (χ1) is 8.26. The zero-order chi connectivity index (χ0) is 13.9. The molecule has 1 atom stereocenters. The van der Waals surface area contributed by atoms with Crippen LogP contribution in [0, 0.1) is 0 Å². The van der Waals surface area contributed by atoms with E-state index in [1.165, 1.54) is 25.1 Å². The first-order valence-electron chi connectivity index (χ1n) is 4.88. The average molecular weight is 346 g/mol. The molecule has 0 aromatic heterocycles. The lowest BCUT2D eigenvalue weighted by Gasteiger charge is -2.16. The first-order valence-corrected chi connectivity index (χ1v) is 6.33. The van der Waals surface area contributed by atoms with Gasteiger partial charge < -0.3 is 4.74 Å². The van der Waals surface area contributed by atoms with Gasteiger partial charge in [-0.15, -0.1) is 24.8 Å². The van der Waals surface area contributed by atoms with Crippen LogP contribution in [-0.4, -0.2) is 17.0 Å². The van der Waals surface area contributed by atoms with Crippen LogP contribution in [0.4, 0.5) is 13.2 Å². The lowest BCUT2D eigenvalue weighted by molar-refractivity contribution is -0.274. The number of halogens is 5. The van der Waals surface area contributed by atoms with Gasteiger partial charge in [0.2, 0.25) is 0 Å². The summed E-state index contributed by atoms with van der Waals surface area (Å²) in [5, 5.41) is 0. The molecule has 0 spiro atoms. The van der Waals surface area contributed by atoms with Gasteiger partial charge >= 0.3 is 6.36 Å². The summed E-state index contributed by atoms with van der Waals surface area (Å²) < 4.78 is 40.8. The number of ether oxygens (including phenoxy) is 1. The van der Waals surface area contributed by atoms with Gasteiger partial charge in [-0.05, 0) is 13.0 Å². The Morgan fingerprint density at radius 2 is 2.11 bits per heavy atom. The van der Waals surface area contributed by atoms with Crippen LogP contribution in [0.3, 0.4) is 0 Å². The van der Waals surface area contributed by atoms with E-state index >= 15 is 0 Å². The van der Waals surface area contributed by atoms with Gasteiger partial charge in [-0.1, -0.05) is 28.1 Å². The number of carbonyl (C=O) groups is 1. The number of Topliss-reactive ketones (excluding diaryl/α,β-unsaturated/α-hetero) is 1. The molecule has 1 aromatic rings. The molecule has 0 aliphatic carbocycles. The zero-order valence-corrected chi connectivity index (χ0v) is 11.6. The van der Waals surface area contributed by atoms with Crippen LogP contribution < -0.4 is 4.74 Å². The van der Waals surface area contributed by atoms with E-state index in [-0.39, 0.29) is 17.0 Å². The molecule has 0 saturated carbocycles. The first kappa shape index (κ1) is 15.3. The van der Waals surface area contributed by atoms with Gasteiger partial charge in [0.15, 0.2) is 5.78 Å². The SMILES string of the molecule is CC(Br)C(=O)c1cccc(CCl)c1OC(F)(F)F. The highest BCUT2D eigenvalue weighted by Crippen LogP contribution is 2.32. The molecule has 1 rings (SSSR count). The van der Waals surface area contributed by atoms with E-state index in [2.05, 4.69) is 20.7 Å². The fourth-order valence-corrected chi connectivity index (χ4v) is 1.79. The van der Waals surface area contributed by atoms with E-state index in [0.717, 1.165) is 0 Å². The van der Waals surface area contributed by atoms with Crippen LogP contribution in [0.1, 0.15) is 22.8 Å². The van der Waals surface area contributed by atoms with Crippen LogP contribution in [0.5, 0.6) is 5.75 Å². The number of carbonyl (C=O) groups excluding carboxylic acids is 1. The quantitative estimate of drug-likeness (QED) is 0.601. The normalized spacial score (nSPS) is 13.2. The second-order valence-electron chi connectivity index (χ2n) is 3.46. The van der Waals surface area contributed by atoms with E-state index in [0.29, 0.717) is 0 Å². The molecule has 0 radical (unpaired) electrons. The highest BCUT2D eigenvalue weighted by atomic mass is 79.9. The smallest absolute Gasteiger partial charge is 0.405 e. The second-order valence-corrected chi connectivity index (χ2v) is 5.10. The summed E-state index contributed by atoms with van der Waals surface area (Å²) in [6.45, 7) is 1.52. The van der Waals surface area contributed by atoms with E-state index in [4.69, 9.17) is 11.6 Å². The van der Waals surface area contributed by atoms with Crippen LogP contribution in [0.15, 0.2) is 18.2 Å². The summed E-state index contributed by atoms with van der Waals surface area (Å²) in [5.41, 5.74) is -0.0251. The van der Waals surface area contributed by atoms with E-state index in [1.807, 2.05) is 0 Å². The average Bonchev–Trinajstić information content (AvgIpc) is 2.26. The molecule has 7 heteroatoms. The molecule has 18 heavy (non-hydrogen) atoms. The third-order valence-corrected chi connectivity index (χ3v) is 2.79. The van der Waals surface area contributed by atoms with Crippen molar-refractivity contribution in [1.29, 1.82) is 0 Å². The molecule has 0 heterocycles. The van der Waals surface area contributed by atoms with Crippen LogP contribution in [0.25, 0.3) is 0 Å². The Morgan fingerprint density at radius 3 is 2.56 bits per heavy atom. The van der Waals surface area contributed by atoms with Crippen molar-refractivity contribution >= 4 is 33.3 Å². The fraction of sp³-hybridized carbons (Fsp3) is 0.364. The lowest BCUT2D eigenvalue weighted by Crippen LogP contribution is -2.21. The van der Waals surface area contributed by atoms with Crippen molar-refractivity contribution in [2.24, 2.45) is 0 Å². The Hall–Kier alpha value is -0.750. The monoisotopic (exact) mass is 344 g/mol. The number of alkyl halides is 5. The van der Waals surface area contributed by atoms with Gasteiger partial charge in [-0.3, -0.25) is 4.79 Å². The molecule has 0 amide bonds. The van der Waals surface area contributed by atoms with Crippen molar-refractivity contribution in [3.8, 4) is 5.75 Å². The third kappa shape index (κ3) is 3.88. The summed E-state index contributed by atoms with van der Waals surface area (Å²) in [4.78, 5) is 11.2. The summed E-state index contributed by atoms with van der Waals surface area (Å²) in [6, 6.07) is 4.12. The molecule has 1 aromatic carbocycles. The Balaban J connectivity index is 3.29. The molecule has 0 saturated heterocycles. The van der Waals surface area contributed by atoms with Gasteiger partial charge in [0.05, 0.1) is 16.3 Å². The van der Waals surface area contributed by atoms with Gasteiger partial charge in [0.1, 0.15) is 5.75 Å². The molecule has 2 nitrogen and oxygen atoms in total. The van der Waals surface area contributed by atoms with Gasteiger partial charge in [0.25, 0.3) is 0 Å². The minimum Gasteiger partial charge on any atom is -0.405 e. The van der Waals surface area contributed by atoms with E-state index in [1.54, 1.807) is 0 Å². The minimum absolute atomic E-state index is 0.119. The molecule has 100 valence electrons. The topological polar surface area (TPSA) is 26.3 Å². The maximum Gasteiger partial charge on any atom is 0.573 e. The summed E-state index contributed by atoms with van der Waals surface area (Å²) in [7, 11) is 0. The minimum atomic E-state index is -4.87. The maximum absolute atomic E-state index is 12.3. The highest BCUT2D eigenvalue weighted by Gasteiger charge is 2.34. The molecular weight excluding hydrogens is 336 g/mol. The van der Waals surface area contributed by atoms with Gasteiger partial charge in [0, 0.05) is 5.56 Å². The summed E-state index contributed by atoms with van der Waals surface area (Å²) >= 11 is 8.56. The molecule has 1 unspecified atom stereocenters. The van der Waals surface area contributed by atoms with Crippen LogP contribution in [-0.2, 0) is 5.88 Å². The molecule has 0 aliphatic heterocycles. The predicted octanol–water partition coefficient (Wildman–Crippen LogP) is 4.29. The third-order valence-electron chi connectivity index (χ3n) is 2.09. The van der Waals surface area contributed by atoms with Crippen LogP contribution >= 0.6 is 27.5 Å². The standard InChI is InChI=1S/C11H9BrClF3O2/c1-6(12)9(17)8-4-2-3-7(5-13)10(8)18-11(14,15)16/h2-4,6H,5H2,1H3. The lowest BCUT2D eigenvalue weighted by atomic mass is 10.0. The maximum atomic E-state index is 12.3. The van der Waals surface area contributed by atoms with Crippen molar-refractivity contribution in [3.05, 3.63) is 29.3 Å². The number of ketones is 1. The summed E-state index contributed by atoms with van der Waals surface area (Å²) in [5.74, 6) is -1.21. The fourth-order valence-electron chi connectivity index (χ4n) is 1.33. The second kappa shape index (κ2) is 5.93. The predicted molar refractivity (Wildman–Crippen MR) is 65.4 cm³/mol. The number of hydrogen-bond acceptors (Lipinski definition) is 2. The van der Waals surface area contributed by atoms with Gasteiger partial charge in [-0.25, -0.2) is 0 Å². The van der Waals surface area contributed by atoms with Crippen molar-refractivity contribution in [3.63, 3.8) is 0 Å². The molecular formula is C11H9BrClF3O2. The van der Waals surface area contributed by atoms with Gasteiger partial charge in [-0.2, -0.15) is 0 Å². The molecule has 0 fully saturated rings. The molecule has 0 bridgehead atoms. The Morgan fingerprint density at radius 1 is 1.50 bits per heavy atom. The van der Waals surface area contributed by atoms with Crippen molar-refractivity contribution < 1.29 is 22.7 Å². The Labute approximate surface area is 115 Å². The van der Waals surface area contributed by atoms with E-state index < -0.39 is 22.7 Å². The largest absolute Gasteiger partial charge is 0.573 e. The highest BCUT2D eigenvalue weighted by molar-refractivity contribution is 9.10.